The largest absolute Gasteiger partial charge is 0.462 e. The highest BCUT2D eigenvalue weighted by atomic mass is 28.4. The first-order valence-electron chi connectivity index (χ1n) is 7.09. The molecule has 19 heavy (non-hydrogen) atoms. The lowest BCUT2D eigenvalue weighted by atomic mass is 10.2. The maximum atomic E-state index is 10.5. The van der Waals surface area contributed by atoms with Crippen LogP contribution >= 0.6 is 0 Å². The molecule has 0 aliphatic carbocycles. The summed E-state index contributed by atoms with van der Waals surface area (Å²) in [7, 11) is -1.57. The molecule has 0 rings (SSSR count). The molecule has 0 bridgehead atoms. The van der Waals surface area contributed by atoms with E-state index in [0.717, 1.165) is 25.9 Å². The summed E-state index contributed by atoms with van der Waals surface area (Å²) in [5, 5.41) is 0.289. The Kier molecular flexibility index (Phi) is 8.26. The monoisotopic (exact) mass is 286 g/mol. The van der Waals surface area contributed by atoms with Gasteiger partial charge in [-0.25, -0.2) is 0 Å². The number of ether oxygens (including phenoxy) is 1. The van der Waals surface area contributed by atoms with E-state index in [4.69, 9.17) is 9.16 Å². The van der Waals surface area contributed by atoms with E-state index in [1.807, 2.05) is 6.08 Å². The first kappa shape index (κ1) is 18.4. The molecular weight excluding hydrogens is 256 g/mol. The van der Waals surface area contributed by atoms with E-state index in [1.165, 1.54) is 6.92 Å². The molecule has 0 saturated carbocycles. The Hall–Kier alpha value is -0.613. The summed E-state index contributed by atoms with van der Waals surface area (Å²) in [6.45, 7) is 14.0. The average molecular weight is 286 g/mol. The minimum absolute atomic E-state index is 0.229. The number of unbranched alkanes of at least 4 members (excludes halogenated alkanes) is 2. The number of esters is 1. The molecule has 0 aliphatic rings. The SMILES string of the molecule is CC(=O)OC/C=C/CCCCO[Si](C)(C)C(C)(C)C. The van der Waals surface area contributed by atoms with Crippen LogP contribution < -0.4 is 0 Å². The Morgan fingerprint density at radius 3 is 2.32 bits per heavy atom. The van der Waals surface area contributed by atoms with Crippen LogP contribution in [0.4, 0.5) is 0 Å². The van der Waals surface area contributed by atoms with Crippen molar-refractivity contribution in [3.8, 4) is 0 Å². The lowest BCUT2D eigenvalue weighted by molar-refractivity contribution is -0.139. The van der Waals surface area contributed by atoms with Crippen LogP contribution in [0.2, 0.25) is 18.1 Å². The predicted octanol–water partition coefficient (Wildman–Crippen LogP) is 4.30. The maximum absolute atomic E-state index is 10.5. The normalized spacial score (nSPS) is 12.9. The number of hydrogen-bond donors (Lipinski definition) is 0. The molecule has 0 radical (unpaired) electrons. The third kappa shape index (κ3) is 9.00. The summed E-state index contributed by atoms with van der Waals surface area (Å²) < 4.78 is 10.9. The van der Waals surface area contributed by atoms with Crippen molar-refractivity contribution < 1.29 is 14.0 Å². The van der Waals surface area contributed by atoms with E-state index in [2.05, 4.69) is 39.9 Å². The molecule has 0 saturated heterocycles. The van der Waals surface area contributed by atoms with E-state index in [9.17, 15) is 4.79 Å². The Morgan fingerprint density at radius 2 is 1.79 bits per heavy atom. The van der Waals surface area contributed by atoms with Crippen LogP contribution in [0.3, 0.4) is 0 Å². The van der Waals surface area contributed by atoms with E-state index < -0.39 is 8.32 Å². The first-order chi connectivity index (χ1) is 8.67. The van der Waals surface area contributed by atoms with Gasteiger partial charge >= 0.3 is 5.97 Å². The molecule has 112 valence electrons. The van der Waals surface area contributed by atoms with Gasteiger partial charge in [-0.05, 0) is 37.4 Å². The molecule has 0 aliphatic heterocycles. The molecule has 0 amide bonds. The fourth-order valence-corrected chi connectivity index (χ4v) is 2.35. The third-order valence-electron chi connectivity index (χ3n) is 3.58. The highest BCUT2D eigenvalue weighted by molar-refractivity contribution is 6.74. The second kappa shape index (κ2) is 8.54. The predicted molar refractivity (Wildman–Crippen MR) is 82.8 cm³/mol. The van der Waals surface area contributed by atoms with Gasteiger partial charge in [-0.2, -0.15) is 0 Å². The fraction of sp³-hybridized carbons (Fsp3) is 0.800. The number of carbonyl (C=O) groups excluding carboxylic acids is 1. The van der Waals surface area contributed by atoms with Gasteiger partial charge < -0.3 is 9.16 Å². The number of rotatable bonds is 8. The standard InChI is InChI=1S/C15H30O3Si/c1-14(16)17-12-10-8-7-9-11-13-18-19(5,6)15(2,3)4/h8,10H,7,9,11-13H2,1-6H3/b10-8+. The summed E-state index contributed by atoms with van der Waals surface area (Å²) in [5.74, 6) is -0.229. The molecule has 0 spiro atoms. The lowest BCUT2D eigenvalue weighted by Crippen LogP contribution is -2.40. The molecular formula is C15H30O3Si. The van der Waals surface area contributed by atoms with Gasteiger partial charge in [-0.15, -0.1) is 0 Å². The van der Waals surface area contributed by atoms with E-state index in [1.54, 1.807) is 0 Å². The summed E-state index contributed by atoms with van der Waals surface area (Å²) in [5.41, 5.74) is 0. The Bertz CT molecular complexity index is 290. The smallest absolute Gasteiger partial charge is 0.302 e. The van der Waals surface area contributed by atoms with Crippen LogP contribution in [-0.4, -0.2) is 27.5 Å². The zero-order chi connectivity index (χ0) is 14.9. The van der Waals surface area contributed by atoms with Crippen molar-refractivity contribution in [3.05, 3.63) is 12.2 Å². The summed E-state index contributed by atoms with van der Waals surface area (Å²) >= 11 is 0. The number of carbonyl (C=O) groups is 1. The topological polar surface area (TPSA) is 35.5 Å². The zero-order valence-electron chi connectivity index (χ0n) is 13.4. The Balaban J connectivity index is 3.58. The molecule has 3 nitrogen and oxygen atoms in total. The van der Waals surface area contributed by atoms with E-state index >= 15 is 0 Å². The van der Waals surface area contributed by atoms with Crippen molar-refractivity contribution in [2.75, 3.05) is 13.2 Å². The number of hydrogen-bond acceptors (Lipinski definition) is 3. The molecule has 4 heteroatoms. The maximum Gasteiger partial charge on any atom is 0.302 e. The Morgan fingerprint density at radius 1 is 1.16 bits per heavy atom. The lowest BCUT2D eigenvalue weighted by Gasteiger charge is -2.36. The molecule has 0 N–H and O–H groups in total. The molecule has 0 aromatic heterocycles. The van der Waals surface area contributed by atoms with Crippen LogP contribution in [0.1, 0.15) is 47.0 Å². The second-order valence-corrected chi connectivity index (χ2v) is 11.2. The average Bonchev–Trinajstić information content (AvgIpc) is 2.24. The van der Waals surface area contributed by atoms with Crippen molar-refractivity contribution in [2.24, 2.45) is 0 Å². The molecule has 0 heterocycles. The summed E-state index contributed by atoms with van der Waals surface area (Å²) in [6.07, 6.45) is 7.18. The van der Waals surface area contributed by atoms with Gasteiger partial charge in [-0.1, -0.05) is 32.9 Å². The summed E-state index contributed by atoms with van der Waals surface area (Å²) in [6, 6.07) is 0. The van der Waals surface area contributed by atoms with Crippen molar-refractivity contribution in [1.29, 1.82) is 0 Å². The second-order valence-electron chi connectivity index (χ2n) is 6.38. The van der Waals surface area contributed by atoms with Gasteiger partial charge in [0.05, 0.1) is 0 Å². The van der Waals surface area contributed by atoms with Crippen molar-refractivity contribution in [1.82, 2.24) is 0 Å². The molecule has 0 aromatic carbocycles. The molecule has 0 aromatic rings. The van der Waals surface area contributed by atoms with Crippen LogP contribution in [0.15, 0.2) is 12.2 Å². The fourth-order valence-electron chi connectivity index (χ4n) is 1.26. The number of allylic oxidation sites excluding steroid dienone is 1. The van der Waals surface area contributed by atoms with Gasteiger partial charge in [0.2, 0.25) is 0 Å². The van der Waals surface area contributed by atoms with Crippen LogP contribution in [0, 0.1) is 0 Å². The van der Waals surface area contributed by atoms with Gasteiger partial charge in [0.15, 0.2) is 8.32 Å². The van der Waals surface area contributed by atoms with Crippen LogP contribution in [-0.2, 0) is 14.0 Å². The van der Waals surface area contributed by atoms with Gasteiger partial charge in [-0.3, -0.25) is 4.79 Å². The van der Waals surface area contributed by atoms with E-state index in [-0.39, 0.29) is 11.0 Å². The first-order valence-corrected chi connectivity index (χ1v) is 10.00. The van der Waals surface area contributed by atoms with Gasteiger partial charge in [0, 0.05) is 13.5 Å². The third-order valence-corrected chi connectivity index (χ3v) is 8.12. The Labute approximate surface area is 119 Å². The van der Waals surface area contributed by atoms with Crippen molar-refractivity contribution in [2.45, 2.75) is 65.1 Å². The zero-order valence-corrected chi connectivity index (χ0v) is 14.4. The van der Waals surface area contributed by atoms with E-state index in [0.29, 0.717) is 6.61 Å². The molecule has 0 atom stereocenters. The highest BCUT2D eigenvalue weighted by Crippen LogP contribution is 2.36. The van der Waals surface area contributed by atoms with Crippen LogP contribution in [0.25, 0.3) is 0 Å². The van der Waals surface area contributed by atoms with Gasteiger partial charge in [0.25, 0.3) is 0 Å². The molecule has 0 unspecified atom stereocenters. The van der Waals surface area contributed by atoms with Crippen molar-refractivity contribution >= 4 is 14.3 Å². The van der Waals surface area contributed by atoms with Crippen molar-refractivity contribution in [3.63, 3.8) is 0 Å². The van der Waals surface area contributed by atoms with Gasteiger partial charge in [0.1, 0.15) is 6.61 Å². The summed E-state index contributed by atoms with van der Waals surface area (Å²) in [4.78, 5) is 10.5. The highest BCUT2D eigenvalue weighted by Gasteiger charge is 2.36. The quantitative estimate of drug-likeness (QED) is 0.289. The minimum atomic E-state index is -1.57. The van der Waals surface area contributed by atoms with Crippen LogP contribution in [0.5, 0.6) is 0 Å². The molecule has 0 fully saturated rings. The minimum Gasteiger partial charge on any atom is -0.462 e.